The number of furan rings is 1. The van der Waals surface area contributed by atoms with E-state index >= 15 is 0 Å². The third-order valence-corrected chi connectivity index (χ3v) is 12.5. The zero-order chi connectivity index (χ0) is 38.9. The molecule has 0 N–H and O–H groups in total. The van der Waals surface area contributed by atoms with Crippen LogP contribution in [0.2, 0.25) is 0 Å². The monoisotopic (exact) mass is 751 g/mol. The third-order valence-electron chi connectivity index (χ3n) is 12.5. The minimum atomic E-state index is -0.522. The molecule has 1 aliphatic carbocycles. The van der Waals surface area contributed by atoms with E-state index in [1.165, 1.54) is 54.9 Å². The van der Waals surface area contributed by atoms with Gasteiger partial charge in [0.1, 0.15) is 11.2 Å². The summed E-state index contributed by atoms with van der Waals surface area (Å²) >= 11 is 0. The molecule has 0 bridgehead atoms. The highest BCUT2D eigenvalue weighted by atomic mass is 16.3. The van der Waals surface area contributed by atoms with Crippen molar-refractivity contribution in [2.75, 3.05) is 4.90 Å². The van der Waals surface area contributed by atoms with Gasteiger partial charge >= 0.3 is 0 Å². The fraction of sp³-hybridized carbons (Fsp3) is 0.0175. The second-order valence-electron chi connectivity index (χ2n) is 15.6. The van der Waals surface area contributed by atoms with Crippen LogP contribution in [-0.4, -0.2) is 0 Å². The smallest absolute Gasteiger partial charge is 0.135 e. The molecule has 0 saturated heterocycles. The third kappa shape index (κ3) is 5.06. The molecule has 1 heterocycles. The van der Waals surface area contributed by atoms with E-state index in [9.17, 15) is 0 Å². The lowest BCUT2D eigenvalue weighted by Crippen LogP contribution is -2.28. The Hall–Kier alpha value is -7.68. The number of nitrogens with zero attached hydrogens (tertiary/aromatic N) is 1. The molecule has 0 saturated carbocycles. The van der Waals surface area contributed by atoms with Crippen molar-refractivity contribution < 1.29 is 4.42 Å². The Morgan fingerprint density at radius 2 is 0.949 bits per heavy atom. The van der Waals surface area contributed by atoms with Crippen LogP contribution in [-0.2, 0) is 5.41 Å². The standard InChI is InChI=1S/C57H37NO/c1-3-18-41(19-4-1)57(42-20-5-2-6-21-42)52-28-13-11-25-47(52)48-32-31-44(37-53(48)57)58(54-36-40-16-7-8-23-45(40)46-24-9-10-26-49(46)54)43-22-15-17-38(34-43)39-30-33-56-51(35-39)50-27-12-14-29-55(50)59-56/h1-37H. The molecule has 1 aromatic heterocycles. The Kier molecular flexibility index (Phi) is 7.48. The predicted octanol–water partition coefficient (Wildman–Crippen LogP) is 15.4. The molecule has 1 aliphatic rings. The van der Waals surface area contributed by atoms with Crippen molar-refractivity contribution in [3.63, 3.8) is 0 Å². The number of hydrogen-bond acceptors (Lipinski definition) is 2. The molecule has 0 atom stereocenters. The lowest BCUT2D eigenvalue weighted by molar-refractivity contribution is 0.669. The van der Waals surface area contributed by atoms with E-state index < -0.39 is 5.41 Å². The molecule has 0 fully saturated rings. The summed E-state index contributed by atoms with van der Waals surface area (Å²) in [6.07, 6.45) is 0. The van der Waals surface area contributed by atoms with Crippen LogP contribution in [0.5, 0.6) is 0 Å². The molecule has 0 radical (unpaired) electrons. The molecule has 12 rings (SSSR count). The van der Waals surface area contributed by atoms with Crippen LogP contribution < -0.4 is 4.90 Å². The van der Waals surface area contributed by atoms with Crippen LogP contribution in [0.1, 0.15) is 22.3 Å². The van der Waals surface area contributed by atoms with Gasteiger partial charge in [-0.2, -0.15) is 0 Å². The van der Waals surface area contributed by atoms with Crippen LogP contribution in [0.4, 0.5) is 17.1 Å². The van der Waals surface area contributed by atoms with Gasteiger partial charge in [0.25, 0.3) is 0 Å². The second-order valence-corrected chi connectivity index (χ2v) is 15.6. The van der Waals surface area contributed by atoms with Gasteiger partial charge in [-0.3, -0.25) is 0 Å². The van der Waals surface area contributed by atoms with Crippen LogP contribution in [0.15, 0.2) is 229 Å². The summed E-state index contributed by atoms with van der Waals surface area (Å²) in [7, 11) is 0. The average Bonchev–Trinajstić information content (AvgIpc) is 3.83. The summed E-state index contributed by atoms with van der Waals surface area (Å²) in [5.41, 5.74) is 14.5. The van der Waals surface area contributed by atoms with Crippen LogP contribution in [0, 0.1) is 0 Å². The van der Waals surface area contributed by atoms with Gasteiger partial charge in [-0.25, -0.2) is 0 Å². The highest BCUT2D eigenvalue weighted by molar-refractivity contribution is 6.15. The molecule has 59 heavy (non-hydrogen) atoms. The first-order valence-corrected chi connectivity index (χ1v) is 20.3. The Labute approximate surface area is 342 Å². The van der Waals surface area contributed by atoms with E-state index in [0.717, 1.165) is 50.1 Å². The van der Waals surface area contributed by atoms with Gasteiger partial charge in [-0.1, -0.05) is 176 Å². The molecular weight excluding hydrogens is 715 g/mol. The quantitative estimate of drug-likeness (QED) is 0.157. The molecule has 276 valence electrons. The molecule has 10 aromatic carbocycles. The lowest BCUT2D eigenvalue weighted by atomic mass is 9.67. The van der Waals surface area contributed by atoms with Crippen LogP contribution in [0.3, 0.4) is 0 Å². The van der Waals surface area contributed by atoms with E-state index in [4.69, 9.17) is 4.42 Å². The van der Waals surface area contributed by atoms with Crippen molar-refractivity contribution in [1.29, 1.82) is 0 Å². The first kappa shape index (κ1) is 33.5. The maximum absolute atomic E-state index is 6.23. The van der Waals surface area contributed by atoms with Gasteiger partial charge in [-0.05, 0) is 109 Å². The summed E-state index contributed by atoms with van der Waals surface area (Å²) in [5, 5.41) is 7.13. The molecule has 11 aromatic rings. The van der Waals surface area contributed by atoms with Gasteiger partial charge < -0.3 is 9.32 Å². The van der Waals surface area contributed by atoms with E-state index in [-0.39, 0.29) is 0 Å². The minimum Gasteiger partial charge on any atom is -0.456 e. The normalized spacial score (nSPS) is 12.9. The molecule has 0 unspecified atom stereocenters. The fourth-order valence-corrected chi connectivity index (χ4v) is 9.95. The molecular formula is C57H37NO. The molecule has 0 spiro atoms. The molecule has 0 aliphatic heterocycles. The maximum atomic E-state index is 6.23. The highest BCUT2D eigenvalue weighted by Crippen LogP contribution is 2.57. The Balaban J connectivity index is 1.13. The van der Waals surface area contributed by atoms with Crippen molar-refractivity contribution >= 4 is 60.5 Å². The summed E-state index contributed by atoms with van der Waals surface area (Å²) in [4.78, 5) is 2.48. The van der Waals surface area contributed by atoms with Gasteiger partial charge in [0.15, 0.2) is 0 Å². The highest BCUT2D eigenvalue weighted by Gasteiger charge is 2.46. The van der Waals surface area contributed by atoms with E-state index in [2.05, 4.69) is 217 Å². The Morgan fingerprint density at radius 3 is 1.76 bits per heavy atom. The van der Waals surface area contributed by atoms with E-state index in [1.54, 1.807) is 0 Å². The van der Waals surface area contributed by atoms with Crippen molar-refractivity contribution in [3.8, 4) is 22.3 Å². The predicted molar refractivity (Wildman–Crippen MR) is 246 cm³/mol. The van der Waals surface area contributed by atoms with E-state index in [1.807, 2.05) is 12.1 Å². The van der Waals surface area contributed by atoms with E-state index in [0.29, 0.717) is 0 Å². The molecule has 0 amide bonds. The number of benzene rings is 10. The van der Waals surface area contributed by atoms with Crippen LogP contribution >= 0.6 is 0 Å². The zero-order valence-corrected chi connectivity index (χ0v) is 32.2. The summed E-state index contributed by atoms with van der Waals surface area (Å²) in [6, 6.07) is 82.1. The van der Waals surface area contributed by atoms with Gasteiger partial charge in [0, 0.05) is 27.5 Å². The Morgan fingerprint density at radius 1 is 0.339 bits per heavy atom. The van der Waals surface area contributed by atoms with Crippen molar-refractivity contribution in [1.82, 2.24) is 0 Å². The van der Waals surface area contributed by atoms with Gasteiger partial charge in [-0.15, -0.1) is 0 Å². The zero-order valence-electron chi connectivity index (χ0n) is 32.2. The van der Waals surface area contributed by atoms with Crippen molar-refractivity contribution in [2.24, 2.45) is 0 Å². The van der Waals surface area contributed by atoms with Crippen molar-refractivity contribution in [3.05, 3.63) is 247 Å². The number of anilines is 3. The van der Waals surface area contributed by atoms with Crippen molar-refractivity contribution in [2.45, 2.75) is 5.41 Å². The topological polar surface area (TPSA) is 16.4 Å². The largest absolute Gasteiger partial charge is 0.456 e. The molecule has 2 heteroatoms. The Bertz CT molecular complexity index is 3360. The van der Waals surface area contributed by atoms with Crippen LogP contribution in [0.25, 0.3) is 65.7 Å². The SMILES string of the molecule is c1ccc(C2(c3ccccc3)c3ccccc3-c3ccc(N(c4cccc(-c5ccc6oc7ccccc7c6c5)c4)c4cc5ccccc5c5ccccc45)cc32)cc1. The lowest BCUT2D eigenvalue weighted by Gasteiger charge is -2.35. The fourth-order valence-electron chi connectivity index (χ4n) is 9.95. The number of rotatable bonds is 6. The molecule has 2 nitrogen and oxygen atoms in total. The second kappa shape index (κ2) is 13.2. The number of hydrogen-bond donors (Lipinski definition) is 0. The number of para-hydroxylation sites is 1. The van der Waals surface area contributed by atoms with Gasteiger partial charge in [0.2, 0.25) is 0 Å². The first-order valence-electron chi connectivity index (χ1n) is 20.3. The maximum Gasteiger partial charge on any atom is 0.135 e. The first-order chi connectivity index (χ1) is 29.3. The number of fused-ring (bicyclic) bond motifs is 9. The summed E-state index contributed by atoms with van der Waals surface area (Å²) < 4.78 is 6.23. The average molecular weight is 752 g/mol. The summed E-state index contributed by atoms with van der Waals surface area (Å²) in [6.45, 7) is 0. The summed E-state index contributed by atoms with van der Waals surface area (Å²) in [5.74, 6) is 0. The minimum absolute atomic E-state index is 0.522. The van der Waals surface area contributed by atoms with Gasteiger partial charge in [0.05, 0.1) is 11.1 Å².